The number of hydrogen-bond acceptors (Lipinski definition) is 4. The van der Waals surface area contributed by atoms with E-state index in [0.29, 0.717) is 17.1 Å². The number of carbonyl (C=O) groups excluding carboxylic acids is 1. The summed E-state index contributed by atoms with van der Waals surface area (Å²) < 4.78 is 10.2. The molecule has 0 aliphatic rings. The minimum Gasteiger partial charge on any atom is -0.493 e. The van der Waals surface area contributed by atoms with Crippen molar-refractivity contribution in [3.63, 3.8) is 0 Å². The van der Waals surface area contributed by atoms with Gasteiger partial charge in [-0.1, -0.05) is 0 Å². The Morgan fingerprint density at radius 2 is 1.80 bits per heavy atom. The number of carbonyl (C=O) groups is 1. The summed E-state index contributed by atoms with van der Waals surface area (Å²) in [6, 6.07) is 3.32. The zero-order valence-corrected chi connectivity index (χ0v) is 8.96. The van der Waals surface area contributed by atoms with Gasteiger partial charge in [0.25, 0.3) is 5.91 Å². The number of methoxy groups -OCH3 is 2. The molecule has 0 aromatic heterocycles. The van der Waals surface area contributed by atoms with E-state index in [1.165, 1.54) is 7.11 Å². The Morgan fingerprint density at radius 3 is 2.27 bits per heavy atom. The summed E-state index contributed by atoms with van der Waals surface area (Å²) in [5, 5.41) is 0. The van der Waals surface area contributed by atoms with E-state index < -0.39 is 0 Å². The van der Waals surface area contributed by atoms with Crippen molar-refractivity contribution in [3.8, 4) is 11.5 Å². The number of hydrogen-bond donors (Lipinski definition) is 2. The third kappa shape index (κ3) is 2.19. The van der Waals surface area contributed by atoms with Gasteiger partial charge in [-0.2, -0.15) is 0 Å². The first-order chi connectivity index (χ1) is 7.13. The van der Waals surface area contributed by atoms with Gasteiger partial charge in [0.1, 0.15) is 0 Å². The van der Waals surface area contributed by atoms with Crippen molar-refractivity contribution in [2.75, 3.05) is 14.2 Å². The van der Waals surface area contributed by atoms with Crippen LogP contribution in [0.2, 0.25) is 0 Å². The van der Waals surface area contributed by atoms with E-state index in [0.717, 1.165) is 5.56 Å². The Bertz CT molecular complexity index is 377. The molecule has 0 heterocycles. The largest absolute Gasteiger partial charge is 0.493 e. The molecular weight excluding hydrogens is 196 g/mol. The van der Waals surface area contributed by atoms with Gasteiger partial charge >= 0.3 is 0 Å². The number of hydrazine groups is 1. The molecule has 0 radical (unpaired) electrons. The molecule has 0 unspecified atom stereocenters. The fraction of sp³-hybridized carbons (Fsp3) is 0.300. The highest BCUT2D eigenvalue weighted by Gasteiger charge is 2.13. The Balaban J connectivity index is 3.25. The molecule has 82 valence electrons. The molecule has 3 N–H and O–H groups in total. The van der Waals surface area contributed by atoms with Crippen LogP contribution in [0.1, 0.15) is 15.9 Å². The second kappa shape index (κ2) is 4.65. The average molecular weight is 210 g/mol. The molecule has 5 nitrogen and oxygen atoms in total. The molecule has 0 bridgehead atoms. The van der Waals surface area contributed by atoms with Gasteiger partial charge < -0.3 is 9.47 Å². The fourth-order valence-corrected chi connectivity index (χ4v) is 1.30. The van der Waals surface area contributed by atoms with Crippen molar-refractivity contribution in [2.24, 2.45) is 5.84 Å². The van der Waals surface area contributed by atoms with Crippen LogP contribution in [-0.4, -0.2) is 20.1 Å². The minimum absolute atomic E-state index is 0.353. The van der Waals surface area contributed by atoms with Gasteiger partial charge in [0, 0.05) is 5.56 Å². The van der Waals surface area contributed by atoms with Crippen LogP contribution in [0.4, 0.5) is 0 Å². The second-order valence-electron chi connectivity index (χ2n) is 3.00. The molecular formula is C10H14N2O3. The number of aryl methyl sites for hydroxylation is 1. The van der Waals surface area contributed by atoms with E-state index in [1.54, 1.807) is 26.2 Å². The van der Waals surface area contributed by atoms with Crippen LogP contribution in [0, 0.1) is 6.92 Å². The maximum atomic E-state index is 11.4. The molecule has 1 amide bonds. The zero-order valence-electron chi connectivity index (χ0n) is 8.96. The van der Waals surface area contributed by atoms with E-state index in [4.69, 9.17) is 15.3 Å². The summed E-state index contributed by atoms with van der Waals surface area (Å²) >= 11 is 0. The highest BCUT2D eigenvalue weighted by Crippen LogP contribution is 2.29. The lowest BCUT2D eigenvalue weighted by atomic mass is 10.1. The topological polar surface area (TPSA) is 73.6 Å². The van der Waals surface area contributed by atoms with Gasteiger partial charge in [0.2, 0.25) is 0 Å². The summed E-state index contributed by atoms with van der Waals surface area (Å²) in [5.74, 6) is 5.80. The first-order valence-corrected chi connectivity index (χ1v) is 4.37. The Kier molecular flexibility index (Phi) is 3.51. The summed E-state index contributed by atoms with van der Waals surface area (Å²) in [4.78, 5) is 11.4. The van der Waals surface area contributed by atoms with Crippen LogP contribution in [0.15, 0.2) is 12.1 Å². The van der Waals surface area contributed by atoms with Crippen LogP contribution < -0.4 is 20.7 Å². The summed E-state index contributed by atoms with van der Waals surface area (Å²) in [6.07, 6.45) is 0. The standard InChI is InChI=1S/C10H14N2O3/c1-6-4-8(14-2)9(15-3)5-7(6)10(13)12-11/h4-5H,11H2,1-3H3,(H,12,13). The SMILES string of the molecule is COc1cc(C)c(C(=O)NN)cc1OC. The molecule has 0 atom stereocenters. The quantitative estimate of drug-likeness (QED) is 0.435. The van der Waals surface area contributed by atoms with Crippen molar-refractivity contribution in [3.05, 3.63) is 23.3 Å². The van der Waals surface area contributed by atoms with E-state index in [-0.39, 0.29) is 5.91 Å². The number of nitrogen functional groups attached to an aromatic ring is 1. The minimum atomic E-state index is -0.353. The smallest absolute Gasteiger partial charge is 0.265 e. The molecule has 15 heavy (non-hydrogen) atoms. The predicted molar refractivity (Wildman–Crippen MR) is 55.9 cm³/mol. The summed E-state index contributed by atoms with van der Waals surface area (Å²) in [6.45, 7) is 1.80. The zero-order chi connectivity index (χ0) is 11.4. The molecule has 1 rings (SSSR count). The van der Waals surface area contributed by atoms with Gasteiger partial charge in [0.15, 0.2) is 11.5 Å². The number of rotatable bonds is 3. The normalized spacial score (nSPS) is 9.60. The van der Waals surface area contributed by atoms with Crippen molar-refractivity contribution >= 4 is 5.91 Å². The first kappa shape index (κ1) is 11.3. The number of nitrogens with one attached hydrogen (secondary N) is 1. The summed E-state index contributed by atoms with van der Waals surface area (Å²) in [5.41, 5.74) is 3.32. The molecule has 0 saturated carbocycles. The number of benzene rings is 1. The fourth-order valence-electron chi connectivity index (χ4n) is 1.30. The van der Waals surface area contributed by atoms with E-state index in [1.807, 2.05) is 0 Å². The van der Waals surface area contributed by atoms with E-state index >= 15 is 0 Å². The van der Waals surface area contributed by atoms with Gasteiger partial charge in [-0.25, -0.2) is 5.84 Å². The molecule has 5 heteroatoms. The molecule has 0 fully saturated rings. The van der Waals surface area contributed by atoms with Gasteiger partial charge in [-0.15, -0.1) is 0 Å². The lowest BCUT2D eigenvalue weighted by Crippen LogP contribution is -2.30. The van der Waals surface area contributed by atoms with Gasteiger partial charge in [-0.05, 0) is 24.6 Å². The third-order valence-electron chi connectivity index (χ3n) is 2.11. The highest BCUT2D eigenvalue weighted by atomic mass is 16.5. The van der Waals surface area contributed by atoms with Crippen molar-refractivity contribution in [1.29, 1.82) is 0 Å². The molecule has 0 spiro atoms. The van der Waals surface area contributed by atoms with Crippen molar-refractivity contribution in [1.82, 2.24) is 5.43 Å². The van der Waals surface area contributed by atoms with Crippen molar-refractivity contribution < 1.29 is 14.3 Å². The molecule has 0 aliphatic carbocycles. The lowest BCUT2D eigenvalue weighted by molar-refractivity contribution is 0.0952. The maximum Gasteiger partial charge on any atom is 0.265 e. The number of amides is 1. The Morgan fingerprint density at radius 1 is 1.27 bits per heavy atom. The monoisotopic (exact) mass is 210 g/mol. The van der Waals surface area contributed by atoms with Crippen molar-refractivity contribution in [2.45, 2.75) is 6.92 Å². The van der Waals surface area contributed by atoms with Crippen LogP contribution in [0.5, 0.6) is 11.5 Å². The van der Waals surface area contributed by atoms with E-state index in [9.17, 15) is 4.79 Å². The van der Waals surface area contributed by atoms with E-state index in [2.05, 4.69) is 5.43 Å². The van der Waals surface area contributed by atoms with Crippen LogP contribution in [0.25, 0.3) is 0 Å². The molecule has 0 aliphatic heterocycles. The first-order valence-electron chi connectivity index (χ1n) is 4.37. The predicted octanol–water partition coefficient (Wildman–Crippen LogP) is 0.616. The number of ether oxygens (including phenoxy) is 2. The van der Waals surface area contributed by atoms with Crippen LogP contribution in [0.3, 0.4) is 0 Å². The second-order valence-corrected chi connectivity index (χ2v) is 3.00. The van der Waals surface area contributed by atoms with Gasteiger partial charge in [-0.3, -0.25) is 10.2 Å². The molecule has 1 aromatic rings. The lowest BCUT2D eigenvalue weighted by Gasteiger charge is -2.11. The molecule has 0 saturated heterocycles. The maximum absolute atomic E-state index is 11.4. The van der Waals surface area contributed by atoms with Crippen LogP contribution >= 0.6 is 0 Å². The third-order valence-corrected chi connectivity index (χ3v) is 2.11. The summed E-state index contributed by atoms with van der Waals surface area (Å²) in [7, 11) is 3.05. The Labute approximate surface area is 88.1 Å². The van der Waals surface area contributed by atoms with Gasteiger partial charge in [0.05, 0.1) is 14.2 Å². The average Bonchev–Trinajstić information content (AvgIpc) is 2.27. The Hall–Kier alpha value is -1.75. The molecule has 1 aromatic carbocycles. The van der Waals surface area contributed by atoms with Crippen LogP contribution in [-0.2, 0) is 0 Å². The highest BCUT2D eigenvalue weighted by molar-refractivity contribution is 5.96. The number of nitrogens with two attached hydrogens (primary N) is 1.